The van der Waals surface area contributed by atoms with E-state index in [1.807, 2.05) is 24.5 Å². The average molecular weight is 211 g/mol. The van der Waals surface area contributed by atoms with Crippen LogP contribution in [0.25, 0.3) is 0 Å². The molecule has 0 heterocycles. The van der Waals surface area contributed by atoms with Crippen LogP contribution in [0.1, 0.15) is 5.56 Å². The van der Waals surface area contributed by atoms with Crippen LogP contribution in [-0.4, -0.2) is 29.8 Å². The van der Waals surface area contributed by atoms with Crippen LogP contribution >= 0.6 is 11.8 Å². The van der Waals surface area contributed by atoms with E-state index in [9.17, 15) is 0 Å². The van der Waals surface area contributed by atoms with Crippen molar-refractivity contribution in [1.82, 2.24) is 5.32 Å². The molecule has 0 fully saturated rings. The molecule has 0 aromatic heterocycles. The molecule has 3 heteroatoms. The highest BCUT2D eigenvalue weighted by atomic mass is 32.2. The van der Waals surface area contributed by atoms with E-state index in [2.05, 4.69) is 17.4 Å². The van der Waals surface area contributed by atoms with Gasteiger partial charge in [-0.2, -0.15) is 11.8 Å². The summed E-state index contributed by atoms with van der Waals surface area (Å²) in [5.74, 6) is 0.948. The van der Waals surface area contributed by atoms with Gasteiger partial charge in [0.25, 0.3) is 0 Å². The Morgan fingerprint density at radius 1 is 1.36 bits per heavy atom. The van der Waals surface area contributed by atoms with E-state index >= 15 is 0 Å². The quantitative estimate of drug-likeness (QED) is 0.748. The van der Waals surface area contributed by atoms with Gasteiger partial charge >= 0.3 is 0 Å². The first-order valence-electron chi connectivity index (χ1n) is 4.74. The van der Waals surface area contributed by atoms with Crippen molar-refractivity contribution in [2.45, 2.75) is 12.6 Å². The molecular weight excluding hydrogens is 194 g/mol. The maximum Gasteiger partial charge on any atom is 0.0592 e. The lowest BCUT2D eigenvalue weighted by Crippen LogP contribution is -2.34. The molecule has 0 spiro atoms. The van der Waals surface area contributed by atoms with Gasteiger partial charge in [-0.3, -0.25) is 0 Å². The Hall–Kier alpha value is -0.510. The number of hydrogen-bond donors (Lipinski definition) is 2. The van der Waals surface area contributed by atoms with Gasteiger partial charge in [0.15, 0.2) is 0 Å². The van der Waals surface area contributed by atoms with Gasteiger partial charge < -0.3 is 10.4 Å². The highest BCUT2D eigenvalue weighted by molar-refractivity contribution is 7.98. The first-order valence-corrected chi connectivity index (χ1v) is 6.13. The second-order valence-corrected chi connectivity index (χ2v) is 4.11. The van der Waals surface area contributed by atoms with Gasteiger partial charge in [0.05, 0.1) is 6.61 Å². The molecule has 14 heavy (non-hydrogen) atoms. The second kappa shape index (κ2) is 6.87. The minimum Gasteiger partial charge on any atom is -0.395 e. The van der Waals surface area contributed by atoms with E-state index in [1.165, 1.54) is 5.56 Å². The summed E-state index contributed by atoms with van der Waals surface area (Å²) in [6.45, 7) is 1.03. The van der Waals surface area contributed by atoms with Crippen molar-refractivity contribution in [3.63, 3.8) is 0 Å². The molecule has 78 valence electrons. The molecular formula is C11H17NOS. The van der Waals surface area contributed by atoms with Crippen molar-refractivity contribution in [3.05, 3.63) is 35.9 Å². The summed E-state index contributed by atoms with van der Waals surface area (Å²) in [5, 5.41) is 12.4. The molecule has 0 saturated heterocycles. The lowest BCUT2D eigenvalue weighted by atomic mass is 10.2. The van der Waals surface area contributed by atoms with E-state index in [1.54, 1.807) is 11.8 Å². The van der Waals surface area contributed by atoms with Gasteiger partial charge in [-0.1, -0.05) is 30.3 Å². The van der Waals surface area contributed by atoms with E-state index in [4.69, 9.17) is 5.11 Å². The lowest BCUT2D eigenvalue weighted by molar-refractivity contribution is 0.253. The van der Waals surface area contributed by atoms with Crippen LogP contribution in [0.15, 0.2) is 30.3 Å². The van der Waals surface area contributed by atoms with Crippen LogP contribution < -0.4 is 5.32 Å². The zero-order chi connectivity index (χ0) is 10.2. The van der Waals surface area contributed by atoms with Crippen molar-refractivity contribution in [1.29, 1.82) is 0 Å². The Morgan fingerprint density at radius 2 is 2.07 bits per heavy atom. The highest BCUT2D eigenvalue weighted by Gasteiger charge is 2.04. The molecule has 0 radical (unpaired) electrons. The fraction of sp³-hybridized carbons (Fsp3) is 0.455. The topological polar surface area (TPSA) is 32.3 Å². The fourth-order valence-corrected chi connectivity index (χ4v) is 1.86. The molecule has 0 unspecified atom stereocenters. The monoisotopic (exact) mass is 211 g/mol. The average Bonchev–Trinajstić information content (AvgIpc) is 2.25. The van der Waals surface area contributed by atoms with Crippen molar-refractivity contribution in [2.24, 2.45) is 0 Å². The van der Waals surface area contributed by atoms with E-state index in [0.29, 0.717) is 0 Å². The zero-order valence-electron chi connectivity index (χ0n) is 8.44. The number of hydrogen-bond acceptors (Lipinski definition) is 3. The molecule has 0 saturated carbocycles. The summed E-state index contributed by atoms with van der Waals surface area (Å²) in [7, 11) is 0. The molecule has 0 aliphatic heterocycles. The van der Waals surface area contributed by atoms with E-state index in [-0.39, 0.29) is 12.6 Å². The molecule has 1 rings (SSSR count). The standard InChI is InChI=1S/C11H17NOS/c1-14-9-11(8-13)12-7-10-5-3-2-4-6-10/h2-6,11-13H,7-9H2,1H3/t11-/m1/s1. The molecule has 2 nitrogen and oxygen atoms in total. The van der Waals surface area contributed by atoms with Gasteiger partial charge in [-0.05, 0) is 11.8 Å². The summed E-state index contributed by atoms with van der Waals surface area (Å²) in [4.78, 5) is 0. The van der Waals surface area contributed by atoms with Crippen molar-refractivity contribution >= 4 is 11.8 Å². The highest BCUT2D eigenvalue weighted by Crippen LogP contribution is 2.01. The van der Waals surface area contributed by atoms with Gasteiger partial charge in [0.1, 0.15) is 0 Å². The number of nitrogens with one attached hydrogen (secondary N) is 1. The first kappa shape index (κ1) is 11.6. The molecule has 0 bridgehead atoms. The van der Waals surface area contributed by atoms with Crippen LogP contribution in [0.4, 0.5) is 0 Å². The predicted molar refractivity (Wildman–Crippen MR) is 62.5 cm³/mol. The predicted octanol–water partition coefficient (Wildman–Crippen LogP) is 1.50. The zero-order valence-corrected chi connectivity index (χ0v) is 9.26. The molecule has 0 amide bonds. The minimum absolute atomic E-state index is 0.199. The number of aliphatic hydroxyl groups is 1. The first-order chi connectivity index (χ1) is 6.86. The third-order valence-corrected chi connectivity index (χ3v) is 2.76. The fourth-order valence-electron chi connectivity index (χ4n) is 1.24. The smallest absolute Gasteiger partial charge is 0.0592 e. The maximum absolute atomic E-state index is 9.06. The van der Waals surface area contributed by atoms with Gasteiger partial charge in [0.2, 0.25) is 0 Å². The SMILES string of the molecule is CSC[C@@H](CO)NCc1ccccc1. The maximum atomic E-state index is 9.06. The summed E-state index contributed by atoms with van der Waals surface area (Å²) in [6, 6.07) is 10.4. The van der Waals surface area contributed by atoms with E-state index < -0.39 is 0 Å². The summed E-state index contributed by atoms with van der Waals surface area (Å²) in [6.07, 6.45) is 2.05. The Kier molecular flexibility index (Phi) is 5.68. The molecule has 1 aromatic carbocycles. The lowest BCUT2D eigenvalue weighted by Gasteiger charge is -2.14. The Morgan fingerprint density at radius 3 is 2.64 bits per heavy atom. The van der Waals surface area contributed by atoms with Gasteiger partial charge in [0, 0.05) is 18.3 Å². The number of thioether (sulfide) groups is 1. The molecule has 2 N–H and O–H groups in total. The van der Waals surface area contributed by atoms with Crippen LogP contribution in [0.3, 0.4) is 0 Å². The Labute approximate surface area is 89.7 Å². The van der Waals surface area contributed by atoms with Crippen LogP contribution in [0.5, 0.6) is 0 Å². The molecule has 0 aliphatic carbocycles. The van der Waals surface area contributed by atoms with Crippen molar-refractivity contribution in [3.8, 4) is 0 Å². The molecule has 1 aromatic rings. The van der Waals surface area contributed by atoms with Crippen LogP contribution in [-0.2, 0) is 6.54 Å². The van der Waals surface area contributed by atoms with Crippen LogP contribution in [0.2, 0.25) is 0 Å². The van der Waals surface area contributed by atoms with Gasteiger partial charge in [-0.25, -0.2) is 0 Å². The van der Waals surface area contributed by atoms with Crippen LogP contribution in [0, 0.1) is 0 Å². The molecule has 1 atom stereocenters. The minimum atomic E-state index is 0.199. The molecule has 0 aliphatic rings. The Balaban J connectivity index is 2.32. The number of benzene rings is 1. The van der Waals surface area contributed by atoms with E-state index in [0.717, 1.165) is 12.3 Å². The second-order valence-electron chi connectivity index (χ2n) is 3.20. The van der Waals surface area contributed by atoms with Gasteiger partial charge in [-0.15, -0.1) is 0 Å². The number of aliphatic hydroxyl groups excluding tert-OH is 1. The third-order valence-electron chi connectivity index (χ3n) is 2.03. The summed E-state index contributed by atoms with van der Waals surface area (Å²) in [5.41, 5.74) is 1.26. The Bertz CT molecular complexity index is 240. The van der Waals surface area contributed by atoms with Crippen molar-refractivity contribution in [2.75, 3.05) is 18.6 Å². The summed E-state index contributed by atoms with van der Waals surface area (Å²) >= 11 is 1.75. The number of rotatable bonds is 6. The normalized spacial score (nSPS) is 12.7. The van der Waals surface area contributed by atoms with Crippen molar-refractivity contribution < 1.29 is 5.11 Å². The largest absolute Gasteiger partial charge is 0.395 e. The third kappa shape index (κ3) is 4.13. The summed E-state index contributed by atoms with van der Waals surface area (Å²) < 4.78 is 0.